The Morgan fingerprint density at radius 2 is 2.00 bits per heavy atom. The number of nitrogens with two attached hydrogens (primary N) is 1. The van der Waals surface area contributed by atoms with Crippen LogP contribution >= 0.6 is 0 Å². The number of halogens is 1. The van der Waals surface area contributed by atoms with E-state index in [4.69, 9.17) is 15.2 Å². The van der Waals surface area contributed by atoms with Crippen LogP contribution in [0.1, 0.15) is 0 Å². The summed E-state index contributed by atoms with van der Waals surface area (Å²) in [6.07, 6.45) is 1.18. The molecule has 3 rings (SSSR count). The molecular weight excluding hydrogens is 301 g/mol. The lowest BCUT2D eigenvalue weighted by Crippen LogP contribution is -2.17. The van der Waals surface area contributed by atoms with Crippen LogP contribution in [0.3, 0.4) is 0 Å². The van der Waals surface area contributed by atoms with Crippen molar-refractivity contribution in [3.63, 3.8) is 0 Å². The van der Waals surface area contributed by atoms with E-state index in [1.807, 2.05) is 0 Å². The third-order valence-electron chi connectivity index (χ3n) is 2.77. The van der Waals surface area contributed by atoms with Crippen LogP contribution in [0.4, 0.5) is 15.8 Å². The molecule has 0 unspecified atom stereocenters. The minimum atomic E-state index is -4.20. The first-order valence-corrected chi connectivity index (χ1v) is 7.28. The van der Waals surface area contributed by atoms with Gasteiger partial charge >= 0.3 is 0 Å². The van der Waals surface area contributed by atoms with Crippen molar-refractivity contribution >= 4 is 21.4 Å². The van der Waals surface area contributed by atoms with Gasteiger partial charge in [0.05, 0.1) is 11.4 Å². The third-order valence-corrected chi connectivity index (χ3v) is 4.07. The number of rotatable bonds is 3. The number of aromatic nitrogens is 1. The molecule has 0 amide bonds. The first-order chi connectivity index (χ1) is 9.97. The Morgan fingerprint density at radius 3 is 2.71 bits per heavy atom. The van der Waals surface area contributed by atoms with Crippen LogP contribution in [0, 0.1) is 5.82 Å². The SMILES string of the molecule is Nc1cc2c(cc1NS(=O)(=O)c1ncccc1F)OCO2. The summed E-state index contributed by atoms with van der Waals surface area (Å²) in [5, 5.41) is -0.706. The number of nitrogens with one attached hydrogen (secondary N) is 1. The number of fused-ring (bicyclic) bond motifs is 1. The molecule has 0 aliphatic carbocycles. The van der Waals surface area contributed by atoms with E-state index in [0.717, 1.165) is 6.07 Å². The molecular formula is C12H10FN3O4S. The highest BCUT2D eigenvalue weighted by molar-refractivity contribution is 7.92. The average molecular weight is 311 g/mol. The summed E-state index contributed by atoms with van der Waals surface area (Å²) in [6.45, 7) is 0.0276. The van der Waals surface area contributed by atoms with Gasteiger partial charge in [0.1, 0.15) is 0 Å². The van der Waals surface area contributed by atoms with Crippen LogP contribution in [0.5, 0.6) is 11.5 Å². The van der Waals surface area contributed by atoms with E-state index in [1.165, 1.54) is 24.4 Å². The summed E-state index contributed by atoms with van der Waals surface area (Å²) in [5.41, 5.74) is 5.92. The van der Waals surface area contributed by atoms with Crippen molar-refractivity contribution in [3.8, 4) is 11.5 Å². The highest BCUT2D eigenvalue weighted by Crippen LogP contribution is 2.38. The quantitative estimate of drug-likeness (QED) is 0.829. The van der Waals surface area contributed by atoms with E-state index in [2.05, 4.69) is 9.71 Å². The number of ether oxygens (including phenoxy) is 2. The van der Waals surface area contributed by atoms with Crippen molar-refractivity contribution in [1.82, 2.24) is 4.98 Å². The summed E-state index contributed by atoms with van der Waals surface area (Å²) in [6, 6.07) is 5.10. The van der Waals surface area contributed by atoms with Gasteiger partial charge in [-0.3, -0.25) is 4.72 Å². The zero-order valence-electron chi connectivity index (χ0n) is 10.5. The zero-order valence-corrected chi connectivity index (χ0v) is 11.4. The molecule has 21 heavy (non-hydrogen) atoms. The molecule has 2 heterocycles. The Labute approximate surface area is 119 Å². The zero-order chi connectivity index (χ0) is 15.0. The lowest BCUT2D eigenvalue weighted by Gasteiger charge is -2.11. The molecule has 0 atom stereocenters. The van der Waals surface area contributed by atoms with Gasteiger partial charge in [0.2, 0.25) is 11.8 Å². The molecule has 9 heteroatoms. The van der Waals surface area contributed by atoms with Crippen molar-refractivity contribution < 1.29 is 22.3 Å². The maximum Gasteiger partial charge on any atom is 0.282 e. The molecule has 7 nitrogen and oxygen atoms in total. The number of nitrogens with zero attached hydrogens (tertiary/aromatic N) is 1. The first kappa shape index (κ1) is 13.4. The number of sulfonamides is 1. The highest BCUT2D eigenvalue weighted by atomic mass is 32.2. The van der Waals surface area contributed by atoms with Gasteiger partial charge in [-0.25, -0.2) is 9.37 Å². The fourth-order valence-corrected chi connectivity index (χ4v) is 2.90. The minimum absolute atomic E-state index is 0.0276. The first-order valence-electron chi connectivity index (χ1n) is 5.80. The lowest BCUT2D eigenvalue weighted by atomic mass is 10.2. The molecule has 1 aromatic carbocycles. The molecule has 0 radical (unpaired) electrons. The molecule has 3 N–H and O–H groups in total. The van der Waals surface area contributed by atoms with Crippen LogP contribution in [0.2, 0.25) is 0 Å². The van der Waals surface area contributed by atoms with Gasteiger partial charge in [-0.1, -0.05) is 0 Å². The smallest absolute Gasteiger partial charge is 0.282 e. The Hall–Kier alpha value is -2.55. The van der Waals surface area contributed by atoms with Crippen molar-refractivity contribution in [1.29, 1.82) is 0 Å². The number of benzene rings is 1. The molecule has 0 saturated heterocycles. The average Bonchev–Trinajstić information content (AvgIpc) is 2.86. The second-order valence-corrected chi connectivity index (χ2v) is 5.79. The van der Waals surface area contributed by atoms with Crippen LogP contribution < -0.4 is 19.9 Å². The number of nitrogen functional groups attached to an aromatic ring is 1. The van der Waals surface area contributed by atoms with Crippen LogP contribution in [-0.2, 0) is 10.0 Å². The molecule has 0 spiro atoms. The van der Waals surface area contributed by atoms with E-state index in [1.54, 1.807) is 0 Å². The maximum atomic E-state index is 13.6. The number of anilines is 2. The lowest BCUT2D eigenvalue weighted by molar-refractivity contribution is 0.174. The second-order valence-electron chi connectivity index (χ2n) is 4.19. The summed E-state index contributed by atoms with van der Waals surface area (Å²) in [7, 11) is -4.20. The van der Waals surface area contributed by atoms with Gasteiger partial charge in [-0.05, 0) is 12.1 Å². The van der Waals surface area contributed by atoms with Crippen molar-refractivity contribution in [2.75, 3.05) is 17.2 Å². The van der Waals surface area contributed by atoms with Gasteiger partial charge in [-0.2, -0.15) is 8.42 Å². The van der Waals surface area contributed by atoms with Gasteiger partial charge in [-0.15, -0.1) is 0 Å². The topological polar surface area (TPSA) is 104 Å². The third kappa shape index (κ3) is 2.42. The number of hydrogen-bond acceptors (Lipinski definition) is 6. The van der Waals surface area contributed by atoms with Crippen molar-refractivity contribution in [2.24, 2.45) is 0 Å². The molecule has 0 bridgehead atoms. The summed E-state index contributed by atoms with van der Waals surface area (Å²) in [4.78, 5) is 3.53. The van der Waals surface area contributed by atoms with Crippen molar-refractivity contribution in [2.45, 2.75) is 5.03 Å². The summed E-state index contributed by atoms with van der Waals surface area (Å²) >= 11 is 0. The Morgan fingerprint density at radius 1 is 1.29 bits per heavy atom. The molecule has 0 saturated carbocycles. The number of pyridine rings is 1. The monoisotopic (exact) mass is 311 g/mol. The second kappa shape index (κ2) is 4.77. The standard InChI is InChI=1S/C12H10FN3O4S/c13-7-2-1-3-15-12(7)21(17,18)16-9-5-11-10(4-8(9)14)19-6-20-11/h1-5,16H,6,14H2. The van der Waals surface area contributed by atoms with Gasteiger partial charge in [0, 0.05) is 18.3 Å². The van der Waals surface area contributed by atoms with Gasteiger partial charge < -0.3 is 15.2 Å². The Balaban J connectivity index is 1.99. The maximum absolute atomic E-state index is 13.6. The van der Waals surface area contributed by atoms with E-state index >= 15 is 0 Å². The fourth-order valence-electron chi connectivity index (χ4n) is 1.81. The highest BCUT2D eigenvalue weighted by Gasteiger charge is 2.23. The van der Waals surface area contributed by atoms with E-state index < -0.39 is 20.9 Å². The molecule has 1 aliphatic heterocycles. The van der Waals surface area contributed by atoms with Crippen molar-refractivity contribution in [3.05, 3.63) is 36.3 Å². The summed E-state index contributed by atoms with van der Waals surface area (Å²) in [5.74, 6) is -0.188. The van der Waals surface area contributed by atoms with E-state index in [-0.39, 0.29) is 18.2 Å². The normalized spacial score (nSPS) is 13.2. The molecule has 2 aromatic rings. The summed E-state index contributed by atoms with van der Waals surface area (Å²) < 4.78 is 50.3. The Bertz CT molecular complexity index is 810. The van der Waals surface area contributed by atoms with Gasteiger partial charge in [0.15, 0.2) is 17.3 Å². The predicted molar refractivity (Wildman–Crippen MR) is 72.0 cm³/mol. The molecule has 0 fully saturated rings. The van der Waals surface area contributed by atoms with Crippen LogP contribution in [0.15, 0.2) is 35.5 Å². The molecule has 110 valence electrons. The van der Waals surface area contributed by atoms with E-state index in [9.17, 15) is 12.8 Å². The van der Waals surface area contributed by atoms with Crippen LogP contribution in [0.25, 0.3) is 0 Å². The largest absolute Gasteiger partial charge is 0.454 e. The predicted octanol–water partition coefficient (Wildman–Crippen LogP) is 1.33. The molecule has 1 aliphatic rings. The number of hydrogen-bond donors (Lipinski definition) is 2. The Kier molecular flexibility index (Phi) is 3.05. The fraction of sp³-hybridized carbons (Fsp3) is 0.0833. The molecule has 1 aromatic heterocycles. The van der Waals surface area contributed by atoms with Gasteiger partial charge in [0.25, 0.3) is 10.0 Å². The van der Waals surface area contributed by atoms with Crippen LogP contribution in [-0.4, -0.2) is 20.2 Å². The minimum Gasteiger partial charge on any atom is -0.454 e. The van der Waals surface area contributed by atoms with E-state index in [0.29, 0.717) is 11.5 Å².